The molecule has 1 aromatic carbocycles. The van der Waals surface area contributed by atoms with Gasteiger partial charge < -0.3 is 15.0 Å². The molecule has 0 saturated heterocycles. The molecule has 0 bridgehead atoms. The highest BCUT2D eigenvalue weighted by Crippen LogP contribution is 2.37. The monoisotopic (exact) mass is 350 g/mol. The van der Waals surface area contributed by atoms with Gasteiger partial charge in [0.15, 0.2) is 5.82 Å². The van der Waals surface area contributed by atoms with Crippen molar-refractivity contribution in [1.29, 1.82) is 0 Å². The zero-order chi connectivity index (χ0) is 14.8. The molecule has 5 heteroatoms. The maximum Gasteiger partial charge on any atom is 0.175 e. The number of anilines is 1. The van der Waals surface area contributed by atoms with E-state index in [4.69, 9.17) is 15.0 Å². The van der Waals surface area contributed by atoms with E-state index in [-0.39, 0.29) is 0 Å². The van der Waals surface area contributed by atoms with Gasteiger partial charge in [-0.25, -0.2) is 0 Å². The minimum atomic E-state index is 0.413. The number of aromatic nitrogens is 1. The Kier molecular flexibility index (Phi) is 4.31. The molecule has 1 fully saturated rings. The first-order valence-corrected chi connectivity index (χ1v) is 8.08. The van der Waals surface area contributed by atoms with Gasteiger partial charge in [0, 0.05) is 17.5 Å². The lowest BCUT2D eigenvalue weighted by molar-refractivity contribution is -0.0254. The van der Waals surface area contributed by atoms with E-state index in [1.807, 2.05) is 31.2 Å². The van der Waals surface area contributed by atoms with Crippen LogP contribution in [0.3, 0.4) is 0 Å². The molecule has 0 atom stereocenters. The summed E-state index contributed by atoms with van der Waals surface area (Å²) in [7, 11) is 0. The van der Waals surface area contributed by atoms with Gasteiger partial charge in [-0.15, -0.1) is 0 Å². The highest BCUT2D eigenvalue weighted by atomic mass is 79.9. The number of nitrogens with zero attached hydrogens (tertiary/aromatic N) is 1. The van der Waals surface area contributed by atoms with Crippen molar-refractivity contribution in [2.45, 2.75) is 32.3 Å². The van der Waals surface area contributed by atoms with Crippen molar-refractivity contribution in [3.63, 3.8) is 0 Å². The summed E-state index contributed by atoms with van der Waals surface area (Å²) in [4.78, 5) is 0. The Bertz CT molecular complexity index is 603. The first-order chi connectivity index (χ1) is 10.2. The number of benzene rings is 1. The number of rotatable bonds is 5. The van der Waals surface area contributed by atoms with Crippen molar-refractivity contribution in [3.8, 4) is 11.1 Å². The zero-order valence-electron chi connectivity index (χ0n) is 12.0. The van der Waals surface area contributed by atoms with Gasteiger partial charge in [-0.3, -0.25) is 0 Å². The maximum atomic E-state index is 5.98. The van der Waals surface area contributed by atoms with Gasteiger partial charge in [-0.05, 0) is 43.4 Å². The smallest absolute Gasteiger partial charge is 0.175 e. The molecular weight excluding hydrogens is 332 g/mol. The van der Waals surface area contributed by atoms with E-state index in [1.165, 1.54) is 0 Å². The summed E-state index contributed by atoms with van der Waals surface area (Å²) in [6.07, 6.45) is 3.47. The molecule has 2 N–H and O–H groups in total. The van der Waals surface area contributed by atoms with Crippen LogP contribution >= 0.6 is 15.9 Å². The van der Waals surface area contributed by atoms with Gasteiger partial charge in [0.05, 0.1) is 11.7 Å². The Morgan fingerprint density at radius 1 is 1.33 bits per heavy atom. The van der Waals surface area contributed by atoms with Crippen molar-refractivity contribution in [2.24, 2.45) is 5.92 Å². The standard InChI is InChI=1S/C16H19BrN2O2/c1-2-20-13-7-10(8-13)9-14-15(16(18)19-21-14)11-3-5-12(17)6-4-11/h3-6,10,13H,2,7-9H2,1H3,(H2,18,19). The van der Waals surface area contributed by atoms with Crippen LogP contribution in [0.15, 0.2) is 33.3 Å². The van der Waals surface area contributed by atoms with Crippen LogP contribution in [0.25, 0.3) is 11.1 Å². The van der Waals surface area contributed by atoms with E-state index in [2.05, 4.69) is 21.1 Å². The Labute approximate surface area is 132 Å². The molecule has 1 aliphatic carbocycles. The van der Waals surface area contributed by atoms with Gasteiger partial charge in [0.2, 0.25) is 0 Å². The molecule has 0 aliphatic heterocycles. The largest absolute Gasteiger partial charge is 0.380 e. The van der Waals surface area contributed by atoms with E-state index in [9.17, 15) is 0 Å². The van der Waals surface area contributed by atoms with E-state index < -0.39 is 0 Å². The topological polar surface area (TPSA) is 61.3 Å². The summed E-state index contributed by atoms with van der Waals surface area (Å²) in [6, 6.07) is 8.06. The molecule has 112 valence electrons. The number of nitrogens with two attached hydrogens (primary N) is 1. The van der Waals surface area contributed by atoms with Crippen LogP contribution in [0.2, 0.25) is 0 Å². The molecule has 1 saturated carbocycles. The molecule has 1 aromatic heterocycles. The average molecular weight is 351 g/mol. The van der Waals surface area contributed by atoms with E-state index in [0.717, 1.165) is 47.2 Å². The SMILES string of the molecule is CCOC1CC(Cc2onc(N)c2-c2ccc(Br)cc2)C1. The lowest BCUT2D eigenvalue weighted by atomic mass is 9.79. The predicted octanol–water partition coefficient (Wildman–Crippen LogP) is 4.04. The molecule has 0 spiro atoms. The number of nitrogen functional groups attached to an aromatic ring is 1. The molecule has 1 aliphatic rings. The van der Waals surface area contributed by atoms with Crippen LogP contribution in [0.1, 0.15) is 25.5 Å². The quantitative estimate of drug-likeness (QED) is 0.883. The number of hydrogen-bond donors (Lipinski definition) is 1. The number of halogens is 1. The molecule has 0 radical (unpaired) electrons. The summed E-state index contributed by atoms with van der Waals surface area (Å²) in [6.45, 7) is 2.83. The Morgan fingerprint density at radius 3 is 2.71 bits per heavy atom. The zero-order valence-corrected chi connectivity index (χ0v) is 13.6. The molecule has 0 amide bonds. The number of hydrogen-bond acceptors (Lipinski definition) is 4. The Morgan fingerprint density at radius 2 is 2.05 bits per heavy atom. The lowest BCUT2D eigenvalue weighted by Gasteiger charge is -2.34. The minimum absolute atomic E-state index is 0.413. The Hall–Kier alpha value is -1.33. The van der Waals surface area contributed by atoms with Crippen LogP contribution in [0.4, 0.5) is 5.82 Å². The van der Waals surface area contributed by atoms with E-state index in [0.29, 0.717) is 17.8 Å². The maximum absolute atomic E-state index is 5.98. The third kappa shape index (κ3) is 3.14. The highest BCUT2D eigenvalue weighted by molar-refractivity contribution is 9.10. The molecule has 0 unspecified atom stereocenters. The third-order valence-corrected chi connectivity index (χ3v) is 4.52. The van der Waals surface area contributed by atoms with Crippen molar-refractivity contribution in [1.82, 2.24) is 5.16 Å². The second-order valence-electron chi connectivity index (χ2n) is 5.49. The van der Waals surface area contributed by atoms with Crippen LogP contribution in [0, 0.1) is 5.92 Å². The lowest BCUT2D eigenvalue weighted by Crippen LogP contribution is -2.32. The second kappa shape index (κ2) is 6.20. The van der Waals surface area contributed by atoms with Crippen molar-refractivity contribution < 1.29 is 9.26 Å². The van der Waals surface area contributed by atoms with Crippen LogP contribution < -0.4 is 5.73 Å². The second-order valence-corrected chi connectivity index (χ2v) is 6.41. The summed E-state index contributed by atoms with van der Waals surface area (Å²) >= 11 is 3.44. The van der Waals surface area contributed by atoms with Crippen LogP contribution in [0.5, 0.6) is 0 Å². The highest BCUT2D eigenvalue weighted by Gasteiger charge is 2.31. The average Bonchev–Trinajstić information content (AvgIpc) is 2.79. The molecular formula is C16H19BrN2O2. The van der Waals surface area contributed by atoms with Gasteiger partial charge in [-0.2, -0.15) is 0 Å². The normalized spacial score (nSPS) is 21.2. The fourth-order valence-corrected chi connectivity index (χ4v) is 3.14. The summed E-state index contributed by atoms with van der Waals surface area (Å²) in [5, 5.41) is 3.94. The van der Waals surface area contributed by atoms with Crippen molar-refractivity contribution in [2.75, 3.05) is 12.3 Å². The molecule has 3 rings (SSSR count). The van der Waals surface area contributed by atoms with E-state index in [1.54, 1.807) is 0 Å². The molecule has 4 nitrogen and oxygen atoms in total. The van der Waals surface area contributed by atoms with Gasteiger partial charge in [0.25, 0.3) is 0 Å². The Balaban J connectivity index is 1.74. The van der Waals surface area contributed by atoms with Crippen LogP contribution in [-0.4, -0.2) is 17.9 Å². The molecule has 1 heterocycles. The van der Waals surface area contributed by atoms with Crippen molar-refractivity contribution in [3.05, 3.63) is 34.5 Å². The van der Waals surface area contributed by atoms with Gasteiger partial charge in [-0.1, -0.05) is 33.2 Å². The number of ether oxygens (including phenoxy) is 1. The van der Waals surface area contributed by atoms with E-state index >= 15 is 0 Å². The molecule has 21 heavy (non-hydrogen) atoms. The molecule has 2 aromatic rings. The third-order valence-electron chi connectivity index (χ3n) is 3.99. The van der Waals surface area contributed by atoms with Crippen molar-refractivity contribution >= 4 is 21.7 Å². The van der Waals surface area contributed by atoms with Gasteiger partial charge in [0.1, 0.15) is 5.76 Å². The summed E-state index contributed by atoms with van der Waals surface area (Å²) in [5.74, 6) is 1.95. The van der Waals surface area contributed by atoms with Crippen LogP contribution in [-0.2, 0) is 11.2 Å². The first kappa shape index (κ1) is 14.6. The minimum Gasteiger partial charge on any atom is -0.380 e. The van der Waals surface area contributed by atoms with Gasteiger partial charge >= 0.3 is 0 Å². The summed E-state index contributed by atoms with van der Waals surface area (Å²) < 4.78 is 12.1. The fraction of sp³-hybridized carbons (Fsp3) is 0.438. The summed E-state index contributed by atoms with van der Waals surface area (Å²) in [5.41, 5.74) is 7.96. The fourth-order valence-electron chi connectivity index (χ4n) is 2.88. The first-order valence-electron chi connectivity index (χ1n) is 7.29. The predicted molar refractivity (Wildman–Crippen MR) is 85.9 cm³/mol.